The summed E-state index contributed by atoms with van der Waals surface area (Å²) in [5, 5.41) is 14.1. The first kappa shape index (κ1) is 21.6. The SMILES string of the molecule is CCCC(NCC(=O)Nc1ccccc1SC(F)F)C(=O)O.Cl. The van der Waals surface area contributed by atoms with Gasteiger partial charge in [-0.1, -0.05) is 37.2 Å². The van der Waals surface area contributed by atoms with Gasteiger partial charge in [-0.2, -0.15) is 8.78 Å². The van der Waals surface area contributed by atoms with E-state index in [2.05, 4.69) is 10.6 Å². The van der Waals surface area contributed by atoms with Gasteiger partial charge in [0.25, 0.3) is 5.76 Å². The van der Waals surface area contributed by atoms with Gasteiger partial charge in [0.15, 0.2) is 0 Å². The van der Waals surface area contributed by atoms with E-state index in [0.29, 0.717) is 24.6 Å². The highest BCUT2D eigenvalue weighted by molar-refractivity contribution is 7.99. The summed E-state index contributed by atoms with van der Waals surface area (Å²) >= 11 is 0.342. The van der Waals surface area contributed by atoms with Crippen LogP contribution in [0.5, 0.6) is 0 Å². The lowest BCUT2D eigenvalue weighted by Crippen LogP contribution is -2.41. The number of amides is 1. The largest absolute Gasteiger partial charge is 0.480 e. The lowest BCUT2D eigenvalue weighted by atomic mass is 10.2. The molecule has 0 fully saturated rings. The second-order valence-corrected chi connectivity index (χ2v) is 5.52. The van der Waals surface area contributed by atoms with Gasteiger partial charge in [0.1, 0.15) is 6.04 Å². The predicted molar refractivity (Wildman–Crippen MR) is 88.5 cm³/mol. The maximum Gasteiger partial charge on any atom is 0.320 e. The van der Waals surface area contributed by atoms with Crippen molar-refractivity contribution in [1.82, 2.24) is 5.32 Å². The summed E-state index contributed by atoms with van der Waals surface area (Å²) in [6.45, 7) is 1.64. The Morgan fingerprint density at radius 2 is 1.96 bits per heavy atom. The summed E-state index contributed by atoms with van der Waals surface area (Å²) in [6, 6.07) is 5.41. The number of hydrogen-bond acceptors (Lipinski definition) is 4. The molecule has 0 aromatic heterocycles. The molecule has 0 heterocycles. The van der Waals surface area contributed by atoms with Crippen molar-refractivity contribution in [3.05, 3.63) is 24.3 Å². The summed E-state index contributed by atoms with van der Waals surface area (Å²) in [7, 11) is 0. The molecule has 3 N–H and O–H groups in total. The smallest absolute Gasteiger partial charge is 0.320 e. The van der Waals surface area contributed by atoms with E-state index >= 15 is 0 Å². The Hall–Kier alpha value is -1.38. The minimum absolute atomic E-state index is 0. The van der Waals surface area contributed by atoms with Crippen molar-refractivity contribution >= 4 is 41.7 Å². The van der Waals surface area contributed by atoms with Gasteiger partial charge < -0.3 is 10.4 Å². The molecule has 1 amide bonds. The van der Waals surface area contributed by atoms with Crippen LogP contribution in [-0.2, 0) is 9.59 Å². The molecule has 0 aliphatic carbocycles. The fourth-order valence-corrected chi connectivity index (χ4v) is 2.38. The third-order valence-corrected chi connectivity index (χ3v) is 3.55. The Balaban J connectivity index is 0.00000484. The second kappa shape index (κ2) is 11.2. The fourth-order valence-electron chi connectivity index (χ4n) is 1.78. The monoisotopic (exact) mass is 368 g/mol. The first-order valence-electron chi connectivity index (χ1n) is 6.74. The van der Waals surface area contributed by atoms with Gasteiger partial charge in [-0.15, -0.1) is 12.4 Å². The average Bonchev–Trinajstić information content (AvgIpc) is 2.44. The molecule has 1 rings (SSSR count). The molecule has 0 aliphatic heterocycles. The number of thioether (sulfide) groups is 1. The van der Waals surface area contributed by atoms with Crippen LogP contribution in [-0.4, -0.2) is 35.3 Å². The molecule has 5 nitrogen and oxygen atoms in total. The number of halogens is 3. The van der Waals surface area contributed by atoms with Crippen LogP contribution in [0, 0.1) is 0 Å². The molecule has 1 unspecified atom stereocenters. The Morgan fingerprint density at radius 3 is 2.52 bits per heavy atom. The molecule has 0 saturated heterocycles. The predicted octanol–water partition coefficient (Wildman–Crippen LogP) is 3.20. The van der Waals surface area contributed by atoms with Gasteiger partial charge >= 0.3 is 5.97 Å². The summed E-state index contributed by atoms with van der Waals surface area (Å²) in [5.74, 6) is -4.09. The Bertz CT molecular complexity index is 521. The molecule has 9 heteroatoms. The van der Waals surface area contributed by atoms with Crippen LogP contribution < -0.4 is 10.6 Å². The zero-order chi connectivity index (χ0) is 16.5. The molecule has 0 saturated carbocycles. The van der Waals surface area contributed by atoms with Gasteiger partial charge in [0, 0.05) is 4.90 Å². The van der Waals surface area contributed by atoms with E-state index in [-0.39, 0.29) is 29.5 Å². The highest BCUT2D eigenvalue weighted by Gasteiger charge is 2.17. The highest BCUT2D eigenvalue weighted by atomic mass is 35.5. The van der Waals surface area contributed by atoms with Crippen LogP contribution >= 0.6 is 24.2 Å². The lowest BCUT2D eigenvalue weighted by molar-refractivity contribution is -0.139. The summed E-state index contributed by atoms with van der Waals surface area (Å²) < 4.78 is 24.9. The number of carbonyl (C=O) groups is 2. The number of carboxylic acid groups (broad SMARTS) is 1. The molecule has 1 aromatic rings. The van der Waals surface area contributed by atoms with E-state index in [1.165, 1.54) is 12.1 Å². The Morgan fingerprint density at radius 1 is 1.30 bits per heavy atom. The number of hydrogen-bond donors (Lipinski definition) is 3. The van der Waals surface area contributed by atoms with Crippen molar-refractivity contribution in [3.63, 3.8) is 0 Å². The Labute approximate surface area is 143 Å². The number of carboxylic acids is 1. The molecule has 1 aromatic carbocycles. The van der Waals surface area contributed by atoms with E-state index in [1.807, 2.05) is 6.92 Å². The quantitative estimate of drug-likeness (QED) is 0.583. The van der Waals surface area contributed by atoms with Crippen LogP contribution in [0.15, 0.2) is 29.2 Å². The van der Waals surface area contributed by atoms with Crippen molar-refractivity contribution in [2.75, 3.05) is 11.9 Å². The number of alkyl halides is 2. The van der Waals surface area contributed by atoms with E-state index < -0.39 is 23.7 Å². The molecule has 1 atom stereocenters. The normalized spacial score (nSPS) is 11.7. The van der Waals surface area contributed by atoms with Crippen molar-refractivity contribution in [2.45, 2.75) is 36.5 Å². The number of carbonyl (C=O) groups excluding carboxylic acids is 1. The third-order valence-electron chi connectivity index (χ3n) is 2.76. The number of anilines is 1. The fraction of sp³-hybridized carbons (Fsp3) is 0.429. The summed E-state index contributed by atoms with van der Waals surface area (Å²) in [6.07, 6.45) is 1.07. The van der Waals surface area contributed by atoms with E-state index in [4.69, 9.17) is 5.11 Å². The van der Waals surface area contributed by atoms with Crippen LogP contribution in [0.1, 0.15) is 19.8 Å². The van der Waals surface area contributed by atoms with E-state index in [1.54, 1.807) is 12.1 Å². The molecule has 0 spiro atoms. The first-order valence-corrected chi connectivity index (χ1v) is 7.61. The molecule has 0 bridgehead atoms. The number of aliphatic carboxylic acids is 1. The zero-order valence-electron chi connectivity index (χ0n) is 12.4. The van der Waals surface area contributed by atoms with E-state index in [9.17, 15) is 18.4 Å². The maximum absolute atomic E-state index is 12.4. The van der Waals surface area contributed by atoms with Crippen LogP contribution in [0.25, 0.3) is 0 Å². The van der Waals surface area contributed by atoms with Gasteiger partial charge in [0.05, 0.1) is 12.2 Å². The van der Waals surface area contributed by atoms with Crippen LogP contribution in [0.2, 0.25) is 0 Å². The Kier molecular flexibility index (Phi) is 10.5. The van der Waals surface area contributed by atoms with Crippen molar-refractivity contribution in [2.24, 2.45) is 0 Å². The van der Waals surface area contributed by atoms with Crippen LogP contribution in [0.4, 0.5) is 14.5 Å². The van der Waals surface area contributed by atoms with Crippen LogP contribution in [0.3, 0.4) is 0 Å². The first-order chi connectivity index (χ1) is 10.4. The number of para-hydroxylation sites is 1. The molecular weight excluding hydrogens is 350 g/mol. The summed E-state index contributed by atoms with van der Waals surface area (Å²) in [5.41, 5.74) is 0.280. The van der Waals surface area contributed by atoms with Crippen molar-refractivity contribution in [3.8, 4) is 0 Å². The minimum atomic E-state index is -2.59. The van der Waals surface area contributed by atoms with Gasteiger partial charge in [-0.05, 0) is 18.6 Å². The minimum Gasteiger partial charge on any atom is -0.480 e. The summed E-state index contributed by atoms with van der Waals surface area (Å²) in [4.78, 5) is 23.0. The lowest BCUT2D eigenvalue weighted by Gasteiger charge is -2.14. The van der Waals surface area contributed by atoms with Gasteiger partial charge in [-0.25, -0.2) is 0 Å². The molecule has 0 aliphatic rings. The standard InChI is InChI=1S/C14H18F2N2O3S.ClH/c1-2-5-10(13(20)21)17-8-12(19)18-9-6-3-4-7-11(9)22-14(15)16;/h3-4,6-7,10,14,17H,2,5,8H2,1H3,(H,18,19)(H,20,21);1H. The average molecular weight is 369 g/mol. The third kappa shape index (κ3) is 8.15. The topological polar surface area (TPSA) is 78.4 Å². The molecule has 23 heavy (non-hydrogen) atoms. The van der Waals surface area contributed by atoms with Gasteiger partial charge in [0.2, 0.25) is 5.91 Å². The van der Waals surface area contributed by atoms with Crippen molar-refractivity contribution in [1.29, 1.82) is 0 Å². The van der Waals surface area contributed by atoms with Crippen molar-refractivity contribution < 1.29 is 23.5 Å². The molecule has 0 radical (unpaired) electrons. The van der Waals surface area contributed by atoms with E-state index in [0.717, 1.165) is 0 Å². The maximum atomic E-state index is 12.4. The molecular formula is C14H19ClF2N2O3S. The molecule has 130 valence electrons. The zero-order valence-corrected chi connectivity index (χ0v) is 14.1. The van der Waals surface area contributed by atoms with Gasteiger partial charge in [-0.3, -0.25) is 14.9 Å². The number of benzene rings is 1. The highest BCUT2D eigenvalue weighted by Crippen LogP contribution is 2.31. The second-order valence-electron chi connectivity index (χ2n) is 4.48. The number of rotatable bonds is 9. The number of nitrogens with one attached hydrogen (secondary N) is 2.